The van der Waals surface area contributed by atoms with Gasteiger partial charge in [0.1, 0.15) is 5.82 Å². The van der Waals surface area contributed by atoms with Crippen LogP contribution >= 0.6 is 0 Å². The lowest BCUT2D eigenvalue weighted by Crippen LogP contribution is -2.34. The van der Waals surface area contributed by atoms with Gasteiger partial charge in [0.05, 0.1) is 5.92 Å². The summed E-state index contributed by atoms with van der Waals surface area (Å²) in [7, 11) is 0. The van der Waals surface area contributed by atoms with Crippen LogP contribution in [0.1, 0.15) is 23.5 Å². The highest BCUT2D eigenvalue weighted by molar-refractivity contribution is 6.01. The van der Waals surface area contributed by atoms with Crippen molar-refractivity contribution in [3.05, 3.63) is 59.7 Å². The van der Waals surface area contributed by atoms with Gasteiger partial charge in [-0.1, -0.05) is 6.07 Å². The van der Waals surface area contributed by atoms with Crippen LogP contribution in [0.15, 0.2) is 42.7 Å². The molecular formula is C16H14FN3O2. The minimum absolute atomic E-state index is 0.0564. The molecule has 0 fully saturated rings. The van der Waals surface area contributed by atoms with E-state index < -0.39 is 11.7 Å². The van der Waals surface area contributed by atoms with Gasteiger partial charge in [-0.05, 0) is 35.4 Å². The fourth-order valence-corrected chi connectivity index (χ4v) is 2.48. The number of anilines is 1. The molecule has 2 N–H and O–H groups in total. The molecule has 0 saturated heterocycles. The predicted octanol–water partition coefficient (Wildman–Crippen LogP) is 1.96. The molecule has 6 heteroatoms. The Kier molecular flexibility index (Phi) is 3.82. The van der Waals surface area contributed by atoms with Gasteiger partial charge in [-0.2, -0.15) is 0 Å². The van der Waals surface area contributed by atoms with Gasteiger partial charge in [-0.3, -0.25) is 14.6 Å². The maximum atomic E-state index is 13.3. The molecule has 3 rings (SSSR count). The van der Waals surface area contributed by atoms with Gasteiger partial charge >= 0.3 is 0 Å². The van der Waals surface area contributed by atoms with Crippen molar-refractivity contribution in [1.82, 2.24) is 10.3 Å². The molecule has 2 aromatic rings. The molecule has 0 saturated carbocycles. The molecule has 0 bridgehead atoms. The van der Waals surface area contributed by atoms with E-state index >= 15 is 0 Å². The topological polar surface area (TPSA) is 71.1 Å². The zero-order valence-electron chi connectivity index (χ0n) is 11.7. The first-order valence-corrected chi connectivity index (χ1v) is 6.89. The number of pyridine rings is 1. The fraction of sp³-hybridized carbons (Fsp3) is 0.188. The van der Waals surface area contributed by atoms with Crippen LogP contribution in [0, 0.1) is 5.82 Å². The van der Waals surface area contributed by atoms with E-state index in [1.54, 1.807) is 30.6 Å². The third-order valence-electron chi connectivity index (χ3n) is 3.59. The van der Waals surface area contributed by atoms with E-state index in [4.69, 9.17) is 0 Å². The summed E-state index contributed by atoms with van der Waals surface area (Å²) in [6, 6.07) is 7.67. The average molecular weight is 299 g/mol. The van der Waals surface area contributed by atoms with Crippen LogP contribution in [0.4, 0.5) is 10.1 Å². The minimum Gasteiger partial charge on any atom is -0.351 e. The number of hydrogen-bond donors (Lipinski definition) is 2. The maximum absolute atomic E-state index is 13.3. The number of fused-ring (bicyclic) bond motifs is 1. The molecular weight excluding hydrogens is 285 g/mol. The monoisotopic (exact) mass is 299 g/mol. The van der Waals surface area contributed by atoms with Crippen molar-refractivity contribution in [2.75, 3.05) is 5.32 Å². The van der Waals surface area contributed by atoms with Gasteiger partial charge in [0, 0.05) is 31.0 Å². The van der Waals surface area contributed by atoms with Crippen LogP contribution in [-0.4, -0.2) is 16.8 Å². The van der Waals surface area contributed by atoms with Crippen molar-refractivity contribution >= 4 is 17.5 Å². The Morgan fingerprint density at radius 1 is 1.32 bits per heavy atom. The Morgan fingerprint density at radius 3 is 2.86 bits per heavy atom. The summed E-state index contributed by atoms with van der Waals surface area (Å²) < 4.78 is 13.3. The lowest BCUT2D eigenvalue weighted by molar-refractivity contribution is -0.126. The Morgan fingerprint density at radius 2 is 2.09 bits per heavy atom. The summed E-state index contributed by atoms with van der Waals surface area (Å²) in [5.74, 6) is -1.59. The van der Waals surface area contributed by atoms with Gasteiger partial charge in [-0.15, -0.1) is 0 Å². The Bertz CT molecular complexity index is 719. The first kappa shape index (κ1) is 14.2. The van der Waals surface area contributed by atoms with Gasteiger partial charge in [0.25, 0.3) is 0 Å². The van der Waals surface area contributed by atoms with Crippen LogP contribution in [0.5, 0.6) is 0 Å². The molecule has 2 heterocycles. The van der Waals surface area contributed by atoms with Crippen LogP contribution in [-0.2, 0) is 16.1 Å². The van der Waals surface area contributed by atoms with Gasteiger partial charge in [0.15, 0.2) is 0 Å². The molecule has 1 unspecified atom stereocenters. The Labute approximate surface area is 126 Å². The summed E-state index contributed by atoms with van der Waals surface area (Å²) in [6.45, 7) is 0.357. The molecule has 1 aromatic carbocycles. The quantitative estimate of drug-likeness (QED) is 0.910. The van der Waals surface area contributed by atoms with Gasteiger partial charge in [-0.25, -0.2) is 4.39 Å². The van der Waals surface area contributed by atoms with E-state index in [2.05, 4.69) is 15.6 Å². The number of nitrogens with zero attached hydrogens (tertiary/aromatic N) is 1. The Hall–Kier alpha value is -2.76. The van der Waals surface area contributed by atoms with Crippen LogP contribution in [0.25, 0.3) is 0 Å². The zero-order chi connectivity index (χ0) is 15.5. The number of rotatable bonds is 3. The number of hydrogen-bond acceptors (Lipinski definition) is 3. The van der Waals surface area contributed by atoms with Crippen molar-refractivity contribution < 1.29 is 14.0 Å². The summed E-state index contributed by atoms with van der Waals surface area (Å²) in [5.41, 5.74) is 1.91. The summed E-state index contributed by atoms with van der Waals surface area (Å²) in [4.78, 5) is 28.0. The average Bonchev–Trinajstić information content (AvgIpc) is 2.52. The predicted molar refractivity (Wildman–Crippen MR) is 78.5 cm³/mol. The third-order valence-corrected chi connectivity index (χ3v) is 3.59. The second-order valence-electron chi connectivity index (χ2n) is 5.11. The summed E-state index contributed by atoms with van der Waals surface area (Å²) in [6.07, 6.45) is 3.35. The van der Waals surface area contributed by atoms with Crippen molar-refractivity contribution in [3.63, 3.8) is 0 Å². The number of aromatic nitrogens is 1. The minimum atomic E-state index is -0.605. The van der Waals surface area contributed by atoms with Crippen LogP contribution in [0.3, 0.4) is 0 Å². The standard InChI is InChI=1S/C16H14FN3O2/c17-11-1-2-12-13(8-15(21)20-14(12)7-11)16(22)19-9-10-3-5-18-6-4-10/h1-7,13H,8-9H2,(H,19,22)(H,20,21). The molecule has 0 aliphatic carbocycles. The lowest BCUT2D eigenvalue weighted by atomic mass is 9.89. The molecule has 1 aromatic heterocycles. The lowest BCUT2D eigenvalue weighted by Gasteiger charge is -2.24. The number of benzene rings is 1. The van der Waals surface area contributed by atoms with E-state index in [9.17, 15) is 14.0 Å². The number of carbonyl (C=O) groups excluding carboxylic acids is 2. The van der Waals surface area contributed by atoms with E-state index in [1.165, 1.54) is 12.1 Å². The fourth-order valence-electron chi connectivity index (χ4n) is 2.48. The molecule has 22 heavy (non-hydrogen) atoms. The number of amides is 2. The van der Waals surface area contributed by atoms with Crippen LogP contribution < -0.4 is 10.6 Å². The molecule has 112 valence electrons. The highest BCUT2D eigenvalue weighted by Gasteiger charge is 2.30. The highest BCUT2D eigenvalue weighted by Crippen LogP contribution is 2.32. The Balaban J connectivity index is 1.77. The first-order chi connectivity index (χ1) is 10.6. The largest absolute Gasteiger partial charge is 0.351 e. The van der Waals surface area contributed by atoms with Crippen LogP contribution in [0.2, 0.25) is 0 Å². The molecule has 1 aliphatic heterocycles. The van der Waals surface area contributed by atoms with Crippen molar-refractivity contribution in [2.45, 2.75) is 18.9 Å². The molecule has 5 nitrogen and oxygen atoms in total. The smallest absolute Gasteiger partial charge is 0.228 e. The van der Waals surface area contributed by atoms with E-state index in [0.29, 0.717) is 17.8 Å². The molecule has 0 spiro atoms. The highest BCUT2D eigenvalue weighted by atomic mass is 19.1. The SMILES string of the molecule is O=C1CC(C(=O)NCc2ccncc2)c2ccc(F)cc2N1. The number of carbonyl (C=O) groups is 2. The first-order valence-electron chi connectivity index (χ1n) is 6.89. The number of halogens is 1. The van der Waals surface area contributed by atoms with E-state index in [1.807, 2.05) is 0 Å². The van der Waals surface area contributed by atoms with E-state index in [-0.39, 0.29) is 18.2 Å². The zero-order valence-corrected chi connectivity index (χ0v) is 11.7. The van der Waals surface area contributed by atoms with Gasteiger partial charge < -0.3 is 10.6 Å². The second-order valence-corrected chi connectivity index (χ2v) is 5.11. The summed E-state index contributed by atoms with van der Waals surface area (Å²) in [5, 5.41) is 5.40. The van der Waals surface area contributed by atoms with Crippen molar-refractivity contribution in [3.8, 4) is 0 Å². The molecule has 1 atom stereocenters. The number of nitrogens with one attached hydrogen (secondary N) is 2. The molecule has 2 amide bonds. The van der Waals surface area contributed by atoms with Crippen molar-refractivity contribution in [1.29, 1.82) is 0 Å². The second kappa shape index (κ2) is 5.93. The van der Waals surface area contributed by atoms with E-state index in [0.717, 1.165) is 5.56 Å². The van der Waals surface area contributed by atoms with Crippen molar-refractivity contribution in [2.24, 2.45) is 0 Å². The summed E-state index contributed by atoms with van der Waals surface area (Å²) >= 11 is 0. The third kappa shape index (κ3) is 2.95. The maximum Gasteiger partial charge on any atom is 0.228 e. The normalized spacial score (nSPS) is 16.6. The van der Waals surface area contributed by atoms with Gasteiger partial charge in [0.2, 0.25) is 11.8 Å². The molecule has 1 aliphatic rings. The molecule has 0 radical (unpaired) electrons.